The first-order valence-electron chi connectivity index (χ1n) is 3.99. The summed E-state index contributed by atoms with van der Waals surface area (Å²) in [5.41, 5.74) is 0. The summed E-state index contributed by atoms with van der Waals surface area (Å²) < 4.78 is 10.8. The molecule has 0 saturated heterocycles. The fraction of sp³-hybridized carbons (Fsp3) is 0.778. The van der Waals surface area contributed by atoms with Crippen molar-refractivity contribution in [2.75, 3.05) is 6.61 Å². The molecule has 0 radical (unpaired) electrons. The Morgan fingerprint density at radius 1 is 1.55 bits per heavy atom. The van der Waals surface area contributed by atoms with Crippen LogP contribution in [0.5, 0.6) is 0 Å². The number of rotatable bonds is 5. The molecule has 1 atom stereocenters. The van der Waals surface area contributed by atoms with Crippen molar-refractivity contribution < 1.29 is 9.47 Å². The maximum atomic E-state index is 5.49. The van der Waals surface area contributed by atoms with Crippen LogP contribution in [0.15, 0.2) is 12.7 Å². The summed E-state index contributed by atoms with van der Waals surface area (Å²) in [7, 11) is 0. The Labute approximate surface area is 69.2 Å². The van der Waals surface area contributed by atoms with Crippen LogP contribution in [-0.2, 0) is 9.47 Å². The van der Waals surface area contributed by atoms with Gasteiger partial charge in [-0.1, -0.05) is 6.58 Å². The summed E-state index contributed by atoms with van der Waals surface area (Å²) in [4.78, 5) is 0. The van der Waals surface area contributed by atoms with Crippen LogP contribution in [-0.4, -0.2) is 18.5 Å². The molecule has 2 heteroatoms. The van der Waals surface area contributed by atoms with E-state index >= 15 is 0 Å². The van der Waals surface area contributed by atoms with E-state index in [1.165, 1.54) is 0 Å². The first kappa shape index (κ1) is 10.7. The molecule has 1 unspecified atom stereocenters. The molecule has 0 fully saturated rings. The predicted octanol–water partition coefficient (Wildman–Crippen LogP) is 2.35. The molecule has 0 aromatic carbocycles. The lowest BCUT2D eigenvalue weighted by Crippen LogP contribution is -2.32. The van der Waals surface area contributed by atoms with Crippen LogP contribution in [0.1, 0.15) is 27.7 Å². The van der Waals surface area contributed by atoms with Gasteiger partial charge in [-0.15, -0.1) is 0 Å². The average molecular weight is 158 g/mol. The molecule has 0 heterocycles. The van der Waals surface area contributed by atoms with E-state index in [0.29, 0.717) is 6.61 Å². The van der Waals surface area contributed by atoms with E-state index in [-0.39, 0.29) is 6.10 Å². The second-order valence-corrected chi connectivity index (χ2v) is 2.82. The van der Waals surface area contributed by atoms with E-state index in [1.807, 2.05) is 27.7 Å². The first-order chi connectivity index (χ1) is 5.04. The molecule has 11 heavy (non-hydrogen) atoms. The summed E-state index contributed by atoms with van der Waals surface area (Å²) in [6.45, 7) is 12.0. The molecule has 0 aromatic rings. The minimum atomic E-state index is -0.622. The van der Waals surface area contributed by atoms with Crippen molar-refractivity contribution in [1.82, 2.24) is 0 Å². The first-order valence-corrected chi connectivity index (χ1v) is 3.99. The van der Waals surface area contributed by atoms with E-state index in [9.17, 15) is 0 Å². The summed E-state index contributed by atoms with van der Waals surface area (Å²) in [5.74, 6) is -0.622. The van der Waals surface area contributed by atoms with Gasteiger partial charge in [0, 0.05) is 6.61 Å². The molecule has 0 aliphatic heterocycles. The lowest BCUT2D eigenvalue weighted by Gasteiger charge is -2.28. The molecule has 0 rings (SSSR count). The van der Waals surface area contributed by atoms with Crippen LogP contribution in [0.25, 0.3) is 0 Å². The lowest BCUT2D eigenvalue weighted by atomic mass is 10.3. The number of hydrogen-bond acceptors (Lipinski definition) is 2. The summed E-state index contributed by atoms with van der Waals surface area (Å²) in [6.07, 6.45) is 1.83. The molecule has 0 saturated carbocycles. The molecule has 0 aliphatic rings. The third-order valence-corrected chi connectivity index (χ3v) is 1.27. The highest BCUT2D eigenvalue weighted by atomic mass is 16.7. The van der Waals surface area contributed by atoms with Gasteiger partial charge in [-0.25, -0.2) is 0 Å². The highest BCUT2D eigenvalue weighted by Gasteiger charge is 2.21. The summed E-state index contributed by atoms with van der Waals surface area (Å²) in [5, 5.41) is 0. The third-order valence-electron chi connectivity index (χ3n) is 1.27. The second kappa shape index (κ2) is 4.52. The predicted molar refractivity (Wildman–Crippen MR) is 46.4 cm³/mol. The van der Waals surface area contributed by atoms with Gasteiger partial charge >= 0.3 is 0 Å². The Kier molecular flexibility index (Phi) is 4.38. The van der Waals surface area contributed by atoms with Crippen molar-refractivity contribution in [2.24, 2.45) is 0 Å². The second-order valence-electron chi connectivity index (χ2n) is 2.82. The molecule has 2 nitrogen and oxygen atoms in total. The van der Waals surface area contributed by atoms with Crippen molar-refractivity contribution in [2.45, 2.75) is 39.6 Å². The molecule has 0 aliphatic carbocycles. The SMILES string of the molecule is C=CC(C)(OCC)OC(C)C. The quantitative estimate of drug-likeness (QED) is 0.451. The molecular formula is C9H18O2. The van der Waals surface area contributed by atoms with Gasteiger partial charge in [-0.2, -0.15) is 0 Å². The van der Waals surface area contributed by atoms with E-state index in [2.05, 4.69) is 6.58 Å². The minimum absolute atomic E-state index is 0.157. The highest BCUT2D eigenvalue weighted by molar-refractivity contribution is 4.85. The lowest BCUT2D eigenvalue weighted by molar-refractivity contribution is -0.207. The summed E-state index contributed by atoms with van der Waals surface area (Å²) >= 11 is 0. The molecule has 0 N–H and O–H groups in total. The Morgan fingerprint density at radius 2 is 2.09 bits per heavy atom. The van der Waals surface area contributed by atoms with Crippen LogP contribution in [0, 0.1) is 0 Å². The largest absolute Gasteiger partial charge is 0.347 e. The van der Waals surface area contributed by atoms with Crippen LogP contribution in [0.2, 0.25) is 0 Å². The maximum absolute atomic E-state index is 5.49. The molecule has 66 valence electrons. The van der Waals surface area contributed by atoms with Crippen molar-refractivity contribution in [3.63, 3.8) is 0 Å². The van der Waals surface area contributed by atoms with Crippen LogP contribution < -0.4 is 0 Å². The van der Waals surface area contributed by atoms with E-state index in [0.717, 1.165) is 0 Å². The van der Waals surface area contributed by atoms with Crippen molar-refractivity contribution in [3.8, 4) is 0 Å². The fourth-order valence-corrected chi connectivity index (χ4v) is 0.896. The van der Waals surface area contributed by atoms with Gasteiger partial charge in [0.1, 0.15) is 0 Å². The van der Waals surface area contributed by atoms with Gasteiger partial charge in [0.15, 0.2) is 5.79 Å². The van der Waals surface area contributed by atoms with E-state index in [1.54, 1.807) is 6.08 Å². The highest BCUT2D eigenvalue weighted by Crippen LogP contribution is 2.15. The number of hydrogen-bond donors (Lipinski definition) is 0. The summed E-state index contributed by atoms with van der Waals surface area (Å²) in [6, 6.07) is 0. The fourth-order valence-electron chi connectivity index (χ4n) is 0.896. The molecule has 0 spiro atoms. The van der Waals surface area contributed by atoms with Crippen LogP contribution in [0.3, 0.4) is 0 Å². The van der Waals surface area contributed by atoms with Crippen molar-refractivity contribution in [1.29, 1.82) is 0 Å². The zero-order valence-corrected chi connectivity index (χ0v) is 7.89. The topological polar surface area (TPSA) is 18.5 Å². The molecule has 0 bridgehead atoms. The third kappa shape index (κ3) is 4.17. The van der Waals surface area contributed by atoms with Gasteiger partial charge in [0.25, 0.3) is 0 Å². The smallest absolute Gasteiger partial charge is 0.184 e. The van der Waals surface area contributed by atoms with Crippen molar-refractivity contribution in [3.05, 3.63) is 12.7 Å². The maximum Gasteiger partial charge on any atom is 0.184 e. The van der Waals surface area contributed by atoms with Gasteiger partial charge in [-0.05, 0) is 33.8 Å². The normalized spacial score (nSPS) is 16.5. The van der Waals surface area contributed by atoms with Gasteiger partial charge in [-0.3, -0.25) is 0 Å². The van der Waals surface area contributed by atoms with Crippen LogP contribution >= 0.6 is 0 Å². The zero-order chi connectivity index (χ0) is 8.91. The number of ether oxygens (including phenoxy) is 2. The zero-order valence-electron chi connectivity index (χ0n) is 7.89. The van der Waals surface area contributed by atoms with E-state index in [4.69, 9.17) is 9.47 Å². The minimum Gasteiger partial charge on any atom is -0.347 e. The van der Waals surface area contributed by atoms with Gasteiger partial charge < -0.3 is 9.47 Å². The van der Waals surface area contributed by atoms with Crippen molar-refractivity contribution >= 4 is 0 Å². The molecule has 0 aromatic heterocycles. The van der Waals surface area contributed by atoms with Gasteiger partial charge in [0.05, 0.1) is 6.10 Å². The van der Waals surface area contributed by atoms with E-state index < -0.39 is 5.79 Å². The Hall–Kier alpha value is -0.340. The average Bonchev–Trinajstić information content (AvgIpc) is 1.87. The Bertz CT molecular complexity index is 121. The Morgan fingerprint density at radius 3 is 2.36 bits per heavy atom. The standard InChI is InChI=1S/C9H18O2/c1-6-9(5,10-7-2)11-8(3)4/h6,8H,1,7H2,2-5H3. The Balaban J connectivity index is 3.98. The monoisotopic (exact) mass is 158 g/mol. The van der Waals surface area contributed by atoms with Crippen LogP contribution in [0.4, 0.5) is 0 Å². The molecular weight excluding hydrogens is 140 g/mol. The van der Waals surface area contributed by atoms with Gasteiger partial charge in [0.2, 0.25) is 0 Å². The molecule has 0 amide bonds.